The van der Waals surface area contributed by atoms with Crippen molar-refractivity contribution in [2.24, 2.45) is 0 Å². The van der Waals surface area contributed by atoms with Crippen molar-refractivity contribution in [3.63, 3.8) is 0 Å². The zero-order valence-electron chi connectivity index (χ0n) is 14.3. The first-order chi connectivity index (χ1) is 11.8. The SMILES string of the molecule is COc1cc(C)c(S(=O)(=O)N2CCC(O)c3cc(Cl)ccc32)c(C)c1. The van der Waals surface area contributed by atoms with Gasteiger partial charge in [-0.05, 0) is 61.7 Å². The minimum absolute atomic E-state index is 0.211. The van der Waals surface area contributed by atoms with E-state index in [1.807, 2.05) is 0 Å². The molecule has 0 radical (unpaired) electrons. The highest BCUT2D eigenvalue weighted by molar-refractivity contribution is 7.93. The van der Waals surface area contributed by atoms with Gasteiger partial charge in [0.1, 0.15) is 5.75 Å². The van der Waals surface area contributed by atoms with Crippen molar-refractivity contribution in [1.82, 2.24) is 0 Å². The Morgan fingerprint density at radius 1 is 1.20 bits per heavy atom. The average Bonchev–Trinajstić information content (AvgIpc) is 2.54. The van der Waals surface area contributed by atoms with Gasteiger partial charge >= 0.3 is 0 Å². The van der Waals surface area contributed by atoms with Crippen LogP contribution in [0.5, 0.6) is 5.75 Å². The molecule has 1 N–H and O–H groups in total. The Hall–Kier alpha value is -1.76. The van der Waals surface area contributed by atoms with E-state index < -0.39 is 16.1 Å². The van der Waals surface area contributed by atoms with Gasteiger partial charge in [0.2, 0.25) is 0 Å². The van der Waals surface area contributed by atoms with Gasteiger partial charge in [-0.1, -0.05) is 11.6 Å². The molecule has 2 aromatic carbocycles. The average molecular weight is 382 g/mol. The number of halogens is 1. The number of fused-ring (bicyclic) bond motifs is 1. The molecule has 0 amide bonds. The lowest BCUT2D eigenvalue weighted by molar-refractivity contribution is 0.166. The summed E-state index contributed by atoms with van der Waals surface area (Å²) in [4.78, 5) is 0.269. The molecule has 5 nitrogen and oxygen atoms in total. The number of hydrogen-bond acceptors (Lipinski definition) is 4. The number of benzene rings is 2. The van der Waals surface area contributed by atoms with Gasteiger partial charge in [-0.3, -0.25) is 4.31 Å². The van der Waals surface area contributed by atoms with Crippen molar-refractivity contribution >= 4 is 27.3 Å². The molecule has 1 aliphatic rings. The normalized spacial score (nSPS) is 17.3. The molecule has 1 heterocycles. The smallest absolute Gasteiger partial charge is 0.264 e. The van der Waals surface area contributed by atoms with E-state index in [9.17, 15) is 13.5 Å². The van der Waals surface area contributed by atoms with Crippen LogP contribution >= 0.6 is 11.6 Å². The molecule has 0 fully saturated rings. The Morgan fingerprint density at radius 3 is 2.44 bits per heavy atom. The lowest BCUT2D eigenvalue weighted by Crippen LogP contribution is -2.37. The fraction of sp³-hybridized carbons (Fsp3) is 0.333. The van der Waals surface area contributed by atoms with Crippen molar-refractivity contribution in [2.45, 2.75) is 31.3 Å². The summed E-state index contributed by atoms with van der Waals surface area (Å²) in [5.41, 5.74) is 2.25. The second kappa shape index (κ2) is 6.52. The molecule has 0 spiro atoms. The van der Waals surface area contributed by atoms with Crippen LogP contribution in [-0.4, -0.2) is 27.2 Å². The minimum Gasteiger partial charge on any atom is -0.497 e. The molecular formula is C18H20ClNO4S. The van der Waals surface area contributed by atoms with Crippen LogP contribution in [0.4, 0.5) is 5.69 Å². The molecule has 25 heavy (non-hydrogen) atoms. The van der Waals surface area contributed by atoms with Crippen LogP contribution in [0.25, 0.3) is 0 Å². The highest BCUT2D eigenvalue weighted by atomic mass is 35.5. The van der Waals surface area contributed by atoms with Crippen molar-refractivity contribution in [3.05, 3.63) is 52.0 Å². The lowest BCUT2D eigenvalue weighted by atomic mass is 10.0. The molecule has 134 valence electrons. The highest BCUT2D eigenvalue weighted by Gasteiger charge is 2.34. The number of nitrogens with zero attached hydrogens (tertiary/aromatic N) is 1. The van der Waals surface area contributed by atoms with Gasteiger partial charge in [0.25, 0.3) is 10.0 Å². The summed E-state index contributed by atoms with van der Waals surface area (Å²) in [6, 6.07) is 8.32. The molecule has 7 heteroatoms. The summed E-state index contributed by atoms with van der Waals surface area (Å²) in [7, 11) is -2.22. The molecule has 0 saturated heterocycles. The van der Waals surface area contributed by atoms with E-state index in [1.165, 1.54) is 4.31 Å². The van der Waals surface area contributed by atoms with E-state index in [2.05, 4.69) is 0 Å². The van der Waals surface area contributed by atoms with Gasteiger partial charge in [0, 0.05) is 17.1 Å². The monoisotopic (exact) mass is 381 g/mol. The van der Waals surface area contributed by atoms with E-state index in [1.54, 1.807) is 51.3 Å². The predicted molar refractivity (Wildman–Crippen MR) is 98.0 cm³/mol. The van der Waals surface area contributed by atoms with Crippen LogP contribution in [0.15, 0.2) is 35.2 Å². The third-order valence-corrected chi connectivity index (χ3v) is 6.80. The molecule has 0 aliphatic carbocycles. The maximum absolute atomic E-state index is 13.4. The number of sulfonamides is 1. The summed E-state index contributed by atoms with van der Waals surface area (Å²) in [6.45, 7) is 3.72. The molecule has 3 rings (SSSR count). The molecule has 1 aliphatic heterocycles. The summed E-state index contributed by atoms with van der Waals surface area (Å²) in [6.07, 6.45) is -0.404. The highest BCUT2D eigenvalue weighted by Crippen LogP contribution is 2.39. The third kappa shape index (κ3) is 3.10. The number of aliphatic hydroxyl groups is 1. The van der Waals surface area contributed by atoms with Crippen LogP contribution in [0.2, 0.25) is 5.02 Å². The maximum atomic E-state index is 13.4. The molecule has 1 atom stereocenters. The fourth-order valence-electron chi connectivity index (χ4n) is 3.33. The fourth-order valence-corrected chi connectivity index (χ4v) is 5.43. The molecule has 0 bridgehead atoms. The molecule has 0 saturated carbocycles. The quantitative estimate of drug-likeness (QED) is 0.882. The number of aryl methyl sites for hydroxylation is 2. The lowest BCUT2D eigenvalue weighted by Gasteiger charge is -2.33. The Morgan fingerprint density at radius 2 is 1.84 bits per heavy atom. The molecule has 2 aromatic rings. The van der Waals surface area contributed by atoms with Crippen LogP contribution in [0, 0.1) is 13.8 Å². The number of aliphatic hydroxyl groups excluding tert-OH is 1. The first-order valence-corrected chi connectivity index (χ1v) is 9.73. The van der Waals surface area contributed by atoms with Crippen LogP contribution < -0.4 is 9.04 Å². The van der Waals surface area contributed by atoms with E-state index in [-0.39, 0.29) is 11.4 Å². The third-order valence-electron chi connectivity index (χ3n) is 4.44. The van der Waals surface area contributed by atoms with E-state index in [0.29, 0.717) is 39.6 Å². The minimum atomic E-state index is -3.77. The van der Waals surface area contributed by atoms with Gasteiger partial charge in [-0.2, -0.15) is 0 Å². The Kier molecular flexibility index (Phi) is 4.70. The number of methoxy groups -OCH3 is 1. The predicted octanol–water partition coefficient (Wildman–Crippen LogP) is 3.60. The molecule has 0 aromatic heterocycles. The van der Waals surface area contributed by atoms with Crippen LogP contribution in [-0.2, 0) is 10.0 Å². The second-order valence-electron chi connectivity index (χ2n) is 6.18. The standard InChI is InChI=1S/C18H20ClNO4S/c1-11-8-14(24-3)9-12(2)18(11)25(22,23)20-7-6-17(21)15-10-13(19)4-5-16(15)20/h4-5,8-10,17,21H,6-7H2,1-3H3. The second-order valence-corrected chi connectivity index (χ2v) is 8.41. The first-order valence-electron chi connectivity index (χ1n) is 7.91. The van der Waals surface area contributed by atoms with Crippen molar-refractivity contribution in [2.75, 3.05) is 18.0 Å². The van der Waals surface area contributed by atoms with E-state index in [4.69, 9.17) is 16.3 Å². The zero-order valence-corrected chi connectivity index (χ0v) is 15.9. The van der Waals surface area contributed by atoms with Crippen LogP contribution in [0.1, 0.15) is 29.2 Å². The summed E-state index contributed by atoms with van der Waals surface area (Å²) in [5, 5.41) is 10.7. The van der Waals surface area contributed by atoms with Gasteiger partial charge in [-0.25, -0.2) is 8.42 Å². The summed E-state index contributed by atoms with van der Waals surface area (Å²) in [5.74, 6) is 0.621. The number of hydrogen-bond donors (Lipinski definition) is 1. The van der Waals surface area contributed by atoms with Crippen molar-refractivity contribution < 1.29 is 18.3 Å². The maximum Gasteiger partial charge on any atom is 0.264 e. The van der Waals surface area contributed by atoms with E-state index >= 15 is 0 Å². The largest absolute Gasteiger partial charge is 0.497 e. The van der Waals surface area contributed by atoms with Gasteiger partial charge in [0.15, 0.2) is 0 Å². The summed E-state index contributed by atoms with van der Waals surface area (Å²) >= 11 is 6.01. The van der Waals surface area contributed by atoms with Gasteiger partial charge < -0.3 is 9.84 Å². The van der Waals surface area contributed by atoms with Gasteiger partial charge in [0.05, 0.1) is 23.8 Å². The Balaban J connectivity index is 2.16. The van der Waals surface area contributed by atoms with E-state index in [0.717, 1.165) is 0 Å². The van der Waals surface area contributed by atoms with Crippen molar-refractivity contribution in [1.29, 1.82) is 0 Å². The van der Waals surface area contributed by atoms with Crippen molar-refractivity contribution in [3.8, 4) is 5.75 Å². The van der Waals surface area contributed by atoms with Crippen LogP contribution in [0.3, 0.4) is 0 Å². The number of rotatable bonds is 3. The number of ether oxygens (including phenoxy) is 1. The summed E-state index contributed by atoms with van der Waals surface area (Å²) < 4.78 is 33.3. The molecular weight excluding hydrogens is 362 g/mol. The number of anilines is 1. The first kappa shape index (κ1) is 18.0. The van der Waals surface area contributed by atoms with Gasteiger partial charge in [-0.15, -0.1) is 0 Å². The Bertz CT molecular complexity index is 904. The topological polar surface area (TPSA) is 66.8 Å². The molecule has 1 unspecified atom stereocenters. The Labute approximate surface area is 152 Å². The zero-order chi connectivity index (χ0) is 18.4.